The van der Waals surface area contributed by atoms with Crippen LogP contribution in [0, 0.1) is 12.8 Å². The van der Waals surface area contributed by atoms with Gasteiger partial charge in [-0.2, -0.15) is 5.10 Å². The van der Waals surface area contributed by atoms with E-state index in [2.05, 4.69) is 15.5 Å². The molecule has 2 aromatic rings. The minimum atomic E-state index is -0.123. The number of hydrogen-bond donors (Lipinski definition) is 1. The number of likely N-dealkylation sites (tertiary alicyclic amines) is 1. The van der Waals surface area contributed by atoms with Crippen LogP contribution in [0.4, 0.5) is 0 Å². The highest BCUT2D eigenvalue weighted by Gasteiger charge is 2.28. The van der Waals surface area contributed by atoms with Crippen molar-refractivity contribution < 1.29 is 9.59 Å². The molecule has 134 valence electrons. The van der Waals surface area contributed by atoms with Gasteiger partial charge in [0, 0.05) is 42.5 Å². The van der Waals surface area contributed by atoms with Crippen LogP contribution in [0.2, 0.25) is 0 Å². The number of amides is 2. The summed E-state index contributed by atoms with van der Waals surface area (Å²) in [4.78, 5) is 30.7. The zero-order chi connectivity index (χ0) is 18.4. The molecule has 1 aromatic heterocycles. The van der Waals surface area contributed by atoms with Crippen LogP contribution in [0.3, 0.4) is 0 Å². The van der Waals surface area contributed by atoms with Gasteiger partial charge in [0.15, 0.2) is 0 Å². The van der Waals surface area contributed by atoms with E-state index in [1.54, 1.807) is 18.6 Å². The standard InChI is InChI=1S/C20H22N4O2/c1-15-5-2-3-7-18(15)20(26)24-11-8-17(9-12-24)19(25)23-22-14-16-6-4-10-21-13-16/h2-7,10,13-14,17H,8-9,11-12H2,1H3,(H,23,25)/b22-14+. The Labute approximate surface area is 152 Å². The van der Waals surface area contributed by atoms with E-state index < -0.39 is 0 Å². The number of nitrogens with one attached hydrogen (secondary N) is 1. The van der Waals surface area contributed by atoms with Gasteiger partial charge in [-0.3, -0.25) is 14.6 Å². The van der Waals surface area contributed by atoms with Crippen LogP contribution in [0.5, 0.6) is 0 Å². The van der Waals surface area contributed by atoms with E-state index in [-0.39, 0.29) is 17.7 Å². The molecular weight excluding hydrogens is 328 g/mol. The largest absolute Gasteiger partial charge is 0.339 e. The summed E-state index contributed by atoms with van der Waals surface area (Å²) in [6.45, 7) is 3.10. The highest BCUT2D eigenvalue weighted by atomic mass is 16.2. The number of benzene rings is 1. The molecular formula is C20H22N4O2. The first-order valence-electron chi connectivity index (χ1n) is 8.73. The lowest BCUT2D eigenvalue weighted by Gasteiger charge is -2.31. The van der Waals surface area contributed by atoms with E-state index in [1.807, 2.05) is 48.2 Å². The molecule has 0 saturated carbocycles. The molecule has 1 N–H and O–H groups in total. The molecule has 1 aliphatic heterocycles. The van der Waals surface area contributed by atoms with Crippen molar-refractivity contribution in [3.8, 4) is 0 Å². The van der Waals surface area contributed by atoms with E-state index in [4.69, 9.17) is 0 Å². The van der Waals surface area contributed by atoms with Crippen LogP contribution in [0.25, 0.3) is 0 Å². The van der Waals surface area contributed by atoms with Crippen LogP contribution < -0.4 is 5.43 Å². The van der Waals surface area contributed by atoms with Crippen molar-refractivity contribution in [2.45, 2.75) is 19.8 Å². The Hall–Kier alpha value is -3.02. The first kappa shape index (κ1) is 17.8. The van der Waals surface area contributed by atoms with Gasteiger partial charge < -0.3 is 4.90 Å². The molecule has 1 fully saturated rings. The van der Waals surface area contributed by atoms with Crippen molar-refractivity contribution in [2.75, 3.05) is 13.1 Å². The van der Waals surface area contributed by atoms with Gasteiger partial charge in [-0.15, -0.1) is 0 Å². The van der Waals surface area contributed by atoms with Gasteiger partial charge in [0.25, 0.3) is 5.91 Å². The van der Waals surface area contributed by atoms with Gasteiger partial charge in [-0.1, -0.05) is 24.3 Å². The first-order valence-corrected chi connectivity index (χ1v) is 8.73. The molecule has 3 rings (SSSR count). The summed E-state index contributed by atoms with van der Waals surface area (Å²) in [5, 5.41) is 3.98. The molecule has 2 heterocycles. The molecule has 6 nitrogen and oxygen atoms in total. The SMILES string of the molecule is Cc1ccccc1C(=O)N1CCC(C(=O)N/N=C/c2cccnc2)CC1. The third kappa shape index (κ3) is 4.33. The molecule has 0 bridgehead atoms. The van der Waals surface area contributed by atoms with Crippen LogP contribution in [-0.2, 0) is 4.79 Å². The maximum atomic E-state index is 12.6. The van der Waals surface area contributed by atoms with E-state index in [0.29, 0.717) is 25.9 Å². The van der Waals surface area contributed by atoms with Crippen LogP contribution in [0.1, 0.15) is 34.3 Å². The molecule has 1 saturated heterocycles. The number of piperidine rings is 1. The summed E-state index contributed by atoms with van der Waals surface area (Å²) < 4.78 is 0. The van der Waals surface area contributed by atoms with E-state index in [9.17, 15) is 9.59 Å². The second kappa shape index (κ2) is 8.38. The number of rotatable bonds is 4. The Morgan fingerprint density at radius 1 is 1.19 bits per heavy atom. The fourth-order valence-corrected chi connectivity index (χ4v) is 3.04. The Morgan fingerprint density at radius 3 is 2.65 bits per heavy atom. The van der Waals surface area contributed by atoms with E-state index in [0.717, 1.165) is 16.7 Å². The van der Waals surface area contributed by atoms with Crippen LogP contribution in [-0.4, -0.2) is 41.0 Å². The highest BCUT2D eigenvalue weighted by molar-refractivity contribution is 5.95. The fraction of sp³-hybridized carbons (Fsp3) is 0.300. The van der Waals surface area contributed by atoms with Gasteiger partial charge in [0.2, 0.25) is 5.91 Å². The average Bonchev–Trinajstić information content (AvgIpc) is 2.69. The zero-order valence-corrected chi connectivity index (χ0v) is 14.8. The topological polar surface area (TPSA) is 74.7 Å². The van der Waals surface area contributed by atoms with Crippen molar-refractivity contribution >= 4 is 18.0 Å². The molecule has 0 aliphatic carbocycles. The molecule has 0 unspecified atom stereocenters. The summed E-state index contributed by atoms with van der Waals surface area (Å²) in [5.41, 5.74) is 5.12. The second-order valence-corrected chi connectivity index (χ2v) is 6.40. The maximum absolute atomic E-state index is 12.6. The lowest BCUT2D eigenvalue weighted by molar-refractivity contribution is -0.126. The molecule has 6 heteroatoms. The number of carbonyl (C=O) groups excluding carboxylic acids is 2. The van der Waals surface area contributed by atoms with Crippen LogP contribution >= 0.6 is 0 Å². The van der Waals surface area contributed by atoms with Crippen molar-refractivity contribution in [3.63, 3.8) is 0 Å². The monoisotopic (exact) mass is 350 g/mol. The molecule has 1 aliphatic rings. The summed E-state index contributed by atoms with van der Waals surface area (Å²) in [5.74, 6) is -0.188. The Kier molecular flexibility index (Phi) is 5.73. The number of hydrazone groups is 1. The molecule has 0 atom stereocenters. The van der Waals surface area contributed by atoms with Gasteiger partial charge in [0.1, 0.15) is 0 Å². The number of hydrogen-bond acceptors (Lipinski definition) is 4. The summed E-state index contributed by atoms with van der Waals surface area (Å²) >= 11 is 0. The first-order chi connectivity index (χ1) is 12.6. The molecule has 26 heavy (non-hydrogen) atoms. The van der Waals surface area contributed by atoms with Crippen molar-refractivity contribution in [1.82, 2.24) is 15.3 Å². The maximum Gasteiger partial charge on any atom is 0.254 e. The summed E-state index contributed by atoms with van der Waals surface area (Å²) in [6, 6.07) is 11.3. The Bertz CT molecular complexity index is 796. The number of aryl methyl sites for hydroxylation is 1. The van der Waals surface area contributed by atoms with Gasteiger partial charge in [-0.25, -0.2) is 5.43 Å². The predicted octanol–water partition coefficient (Wildman–Crippen LogP) is 2.39. The molecule has 0 spiro atoms. The molecule has 2 amide bonds. The minimum Gasteiger partial charge on any atom is -0.339 e. The lowest BCUT2D eigenvalue weighted by atomic mass is 9.95. The van der Waals surface area contributed by atoms with Crippen LogP contribution in [0.15, 0.2) is 53.9 Å². The van der Waals surface area contributed by atoms with E-state index in [1.165, 1.54) is 0 Å². The quantitative estimate of drug-likeness (QED) is 0.680. The third-order valence-corrected chi connectivity index (χ3v) is 4.60. The average molecular weight is 350 g/mol. The third-order valence-electron chi connectivity index (χ3n) is 4.60. The summed E-state index contributed by atoms with van der Waals surface area (Å²) in [6.07, 6.45) is 6.22. The number of pyridine rings is 1. The smallest absolute Gasteiger partial charge is 0.254 e. The Morgan fingerprint density at radius 2 is 1.96 bits per heavy atom. The minimum absolute atomic E-state index is 0.0385. The van der Waals surface area contributed by atoms with E-state index >= 15 is 0 Å². The molecule has 0 radical (unpaired) electrons. The Balaban J connectivity index is 1.50. The number of aromatic nitrogens is 1. The van der Waals surface area contributed by atoms with Crippen molar-refractivity contribution in [1.29, 1.82) is 0 Å². The van der Waals surface area contributed by atoms with Crippen molar-refractivity contribution in [2.24, 2.45) is 11.0 Å². The summed E-state index contributed by atoms with van der Waals surface area (Å²) in [7, 11) is 0. The number of carbonyl (C=O) groups is 2. The van der Waals surface area contributed by atoms with Gasteiger partial charge in [0.05, 0.1) is 6.21 Å². The lowest BCUT2D eigenvalue weighted by Crippen LogP contribution is -2.42. The van der Waals surface area contributed by atoms with Crippen molar-refractivity contribution in [3.05, 3.63) is 65.5 Å². The predicted molar refractivity (Wildman–Crippen MR) is 99.8 cm³/mol. The molecule has 1 aromatic carbocycles. The normalized spacial score (nSPS) is 15.2. The zero-order valence-electron chi connectivity index (χ0n) is 14.8. The second-order valence-electron chi connectivity index (χ2n) is 6.40. The van der Waals surface area contributed by atoms with Gasteiger partial charge >= 0.3 is 0 Å². The number of nitrogens with zero attached hydrogens (tertiary/aromatic N) is 3. The highest BCUT2D eigenvalue weighted by Crippen LogP contribution is 2.20. The fourth-order valence-electron chi connectivity index (χ4n) is 3.04. The van der Waals surface area contributed by atoms with Gasteiger partial charge in [-0.05, 0) is 37.5 Å².